The third-order valence-corrected chi connectivity index (χ3v) is 2.87. The Labute approximate surface area is 109 Å². The van der Waals surface area contributed by atoms with Crippen molar-refractivity contribution in [3.63, 3.8) is 0 Å². The Hall–Kier alpha value is -2.13. The number of carbonyl (C=O) groups excluding carboxylic acids is 1. The number of halogens is 1. The first-order chi connectivity index (χ1) is 8.74. The van der Waals surface area contributed by atoms with Crippen molar-refractivity contribution in [2.24, 2.45) is 0 Å². The Morgan fingerprint density at radius 3 is 2.72 bits per heavy atom. The molecular weight excluding hydrogens is 250 g/mol. The Kier molecular flexibility index (Phi) is 2.61. The lowest BCUT2D eigenvalue weighted by atomic mass is 10.1. The number of pyridine rings is 1. The summed E-state index contributed by atoms with van der Waals surface area (Å²) in [7, 11) is 0. The van der Waals surface area contributed by atoms with Gasteiger partial charge in [-0.2, -0.15) is 0 Å². The van der Waals surface area contributed by atoms with Gasteiger partial charge in [0.05, 0.1) is 5.56 Å². The molecule has 0 saturated carbocycles. The number of nitrogens with zero attached hydrogens (tertiary/aromatic N) is 1. The van der Waals surface area contributed by atoms with E-state index >= 15 is 0 Å². The Bertz CT molecular complexity index is 650. The van der Waals surface area contributed by atoms with Crippen molar-refractivity contribution in [2.75, 3.05) is 0 Å². The smallest absolute Gasteiger partial charge is 0.232 e. The van der Waals surface area contributed by atoms with Gasteiger partial charge in [-0.1, -0.05) is 11.6 Å². The molecule has 1 aromatic carbocycles. The Morgan fingerprint density at radius 2 is 1.94 bits per heavy atom. The topological polar surface area (TPSA) is 39.2 Å². The van der Waals surface area contributed by atoms with Crippen LogP contribution in [0.3, 0.4) is 0 Å². The maximum atomic E-state index is 12.1. The molecule has 1 aliphatic heterocycles. The Morgan fingerprint density at radius 1 is 1.17 bits per heavy atom. The number of ether oxygens (including phenoxy) is 1. The van der Waals surface area contributed by atoms with Crippen molar-refractivity contribution in [1.82, 2.24) is 4.98 Å². The number of ketones is 1. The molecule has 2 heterocycles. The average Bonchev–Trinajstić information content (AvgIpc) is 2.68. The monoisotopic (exact) mass is 257 g/mol. The van der Waals surface area contributed by atoms with E-state index in [4.69, 9.17) is 16.3 Å². The molecule has 0 radical (unpaired) electrons. The van der Waals surface area contributed by atoms with E-state index in [0.29, 0.717) is 22.1 Å². The fraction of sp³-hybridized carbons (Fsp3) is 0. The van der Waals surface area contributed by atoms with Crippen LogP contribution in [-0.2, 0) is 0 Å². The van der Waals surface area contributed by atoms with Gasteiger partial charge < -0.3 is 4.74 Å². The minimum atomic E-state index is -0.149. The van der Waals surface area contributed by atoms with E-state index in [1.54, 1.807) is 48.8 Å². The number of carbonyl (C=O) groups is 1. The van der Waals surface area contributed by atoms with Crippen molar-refractivity contribution in [3.8, 4) is 5.75 Å². The molecule has 0 amide bonds. The molecule has 0 bridgehead atoms. The first-order valence-electron chi connectivity index (χ1n) is 5.38. The van der Waals surface area contributed by atoms with Crippen LogP contribution in [0, 0.1) is 0 Å². The first-order valence-corrected chi connectivity index (χ1v) is 5.76. The summed E-state index contributed by atoms with van der Waals surface area (Å²) < 4.78 is 5.51. The molecule has 3 nitrogen and oxygen atoms in total. The molecule has 0 atom stereocenters. The average molecular weight is 258 g/mol. The molecule has 0 aliphatic carbocycles. The van der Waals surface area contributed by atoms with E-state index < -0.39 is 0 Å². The highest BCUT2D eigenvalue weighted by Gasteiger charge is 2.27. The highest BCUT2D eigenvalue weighted by atomic mass is 35.5. The summed E-state index contributed by atoms with van der Waals surface area (Å²) in [5.74, 6) is 0.701. The maximum absolute atomic E-state index is 12.1. The molecule has 0 saturated heterocycles. The molecule has 0 fully saturated rings. The zero-order chi connectivity index (χ0) is 12.5. The SMILES string of the molecule is O=C1/C(=C/c2ccncc2)Oc2ccc(Cl)cc21. The summed E-state index contributed by atoms with van der Waals surface area (Å²) in [6.07, 6.45) is 5.02. The van der Waals surface area contributed by atoms with Crippen LogP contribution in [0.15, 0.2) is 48.5 Å². The largest absolute Gasteiger partial charge is 0.452 e. The number of hydrogen-bond donors (Lipinski definition) is 0. The lowest BCUT2D eigenvalue weighted by Crippen LogP contribution is -1.98. The lowest BCUT2D eigenvalue weighted by molar-refractivity contribution is 0.101. The van der Waals surface area contributed by atoms with Crippen LogP contribution in [0.5, 0.6) is 5.75 Å². The van der Waals surface area contributed by atoms with Crippen molar-refractivity contribution >= 4 is 23.5 Å². The number of allylic oxidation sites excluding steroid dienone is 1. The second kappa shape index (κ2) is 4.27. The molecule has 3 rings (SSSR count). The summed E-state index contributed by atoms with van der Waals surface area (Å²) in [5, 5.41) is 0.524. The molecule has 0 unspecified atom stereocenters. The van der Waals surface area contributed by atoms with Crippen LogP contribution >= 0.6 is 11.6 Å². The summed E-state index contributed by atoms with van der Waals surface area (Å²) in [6, 6.07) is 8.62. The molecule has 2 aromatic rings. The number of Topliss-reactive ketones (excluding diaryl/α,β-unsaturated/α-hetero) is 1. The van der Waals surface area contributed by atoms with Crippen LogP contribution in [0.25, 0.3) is 6.08 Å². The van der Waals surface area contributed by atoms with E-state index in [1.807, 2.05) is 0 Å². The Balaban J connectivity index is 2.00. The van der Waals surface area contributed by atoms with Crippen LogP contribution in [0.4, 0.5) is 0 Å². The zero-order valence-electron chi connectivity index (χ0n) is 9.26. The lowest BCUT2D eigenvalue weighted by Gasteiger charge is -1.97. The first kappa shape index (κ1) is 11.0. The number of rotatable bonds is 1. The standard InChI is InChI=1S/C14H8ClNO2/c15-10-1-2-12-11(8-10)14(17)13(18-12)7-9-3-5-16-6-4-9/h1-8H/b13-7-. The van der Waals surface area contributed by atoms with Crippen LogP contribution in [-0.4, -0.2) is 10.8 Å². The fourth-order valence-corrected chi connectivity index (χ4v) is 1.94. The van der Waals surface area contributed by atoms with E-state index in [2.05, 4.69) is 4.98 Å². The van der Waals surface area contributed by atoms with E-state index in [9.17, 15) is 4.79 Å². The van der Waals surface area contributed by atoms with Crippen LogP contribution in [0.2, 0.25) is 5.02 Å². The predicted molar refractivity (Wildman–Crippen MR) is 68.6 cm³/mol. The fourth-order valence-electron chi connectivity index (χ4n) is 1.77. The van der Waals surface area contributed by atoms with Gasteiger partial charge in [-0.05, 0) is 42.0 Å². The maximum Gasteiger partial charge on any atom is 0.232 e. The van der Waals surface area contributed by atoms with Crippen LogP contribution in [0.1, 0.15) is 15.9 Å². The molecular formula is C14H8ClNO2. The summed E-state index contributed by atoms with van der Waals surface area (Å²) in [4.78, 5) is 16.0. The summed E-state index contributed by atoms with van der Waals surface area (Å²) >= 11 is 5.86. The highest BCUT2D eigenvalue weighted by Crippen LogP contribution is 2.33. The predicted octanol–water partition coefficient (Wildman–Crippen LogP) is 3.35. The van der Waals surface area contributed by atoms with Gasteiger partial charge in [-0.25, -0.2) is 0 Å². The van der Waals surface area contributed by atoms with Gasteiger partial charge in [0.2, 0.25) is 5.78 Å². The van der Waals surface area contributed by atoms with Gasteiger partial charge >= 0.3 is 0 Å². The van der Waals surface area contributed by atoms with Gasteiger partial charge in [-0.15, -0.1) is 0 Å². The van der Waals surface area contributed by atoms with Crippen LogP contribution < -0.4 is 4.74 Å². The van der Waals surface area contributed by atoms with Gasteiger partial charge in [0.1, 0.15) is 5.75 Å². The molecule has 0 spiro atoms. The van der Waals surface area contributed by atoms with E-state index in [-0.39, 0.29) is 5.78 Å². The summed E-state index contributed by atoms with van der Waals surface area (Å²) in [5.41, 5.74) is 1.37. The molecule has 4 heteroatoms. The highest BCUT2D eigenvalue weighted by molar-refractivity contribution is 6.31. The second-order valence-corrected chi connectivity index (χ2v) is 4.30. The van der Waals surface area contributed by atoms with Crippen molar-refractivity contribution in [3.05, 3.63) is 64.6 Å². The second-order valence-electron chi connectivity index (χ2n) is 3.86. The minimum absolute atomic E-state index is 0.149. The van der Waals surface area contributed by atoms with Crippen molar-refractivity contribution in [1.29, 1.82) is 0 Å². The molecule has 18 heavy (non-hydrogen) atoms. The van der Waals surface area contributed by atoms with E-state index in [0.717, 1.165) is 5.56 Å². The van der Waals surface area contributed by atoms with Gasteiger partial charge in [-0.3, -0.25) is 9.78 Å². The summed E-state index contributed by atoms with van der Waals surface area (Å²) in [6.45, 7) is 0. The molecule has 1 aliphatic rings. The molecule has 0 N–H and O–H groups in total. The third-order valence-electron chi connectivity index (χ3n) is 2.63. The number of benzene rings is 1. The number of fused-ring (bicyclic) bond motifs is 1. The molecule has 1 aromatic heterocycles. The quantitative estimate of drug-likeness (QED) is 0.736. The van der Waals surface area contributed by atoms with E-state index in [1.165, 1.54) is 0 Å². The zero-order valence-corrected chi connectivity index (χ0v) is 10.0. The van der Waals surface area contributed by atoms with Crippen molar-refractivity contribution in [2.45, 2.75) is 0 Å². The van der Waals surface area contributed by atoms with Crippen molar-refractivity contribution < 1.29 is 9.53 Å². The normalized spacial score (nSPS) is 15.6. The number of hydrogen-bond acceptors (Lipinski definition) is 3. The van der Waals surface area contributed by atoms with Gasteiger partial charge in [0.15, 0.2) is 5.76 Å². The third kappa shape index (κ3) is 1.89. The minimum Gasteiger partial charge on any atom is -0.452 e. The number of aromatic nitrogens is 1. The molecule has 88 valence electrons. The van der Waals surface area contributed by atoms with Gasteiger partial charge in [0.25, 0.3) is 0 Å². The van der Waals surface area contributed by atoms with Gasteiger partial charge in [0, 0.05) is 17.4 Å².